The predicted molar refractivity (Wildman–Crippen MR) is 44.9 cm³/mol. The summed E-state index contributed by atoms with van der Waals surface area (Å²) in [7, 11) is 0. The standard InChI is InChI=1S/C7H7F2N.C2H6/c1-2-7-6(9)3-5(8)4-10-7;1-2/h3-4H,2H2,1H3;1-2H3. The molecule has 0 saturated heterocycles. The number of halogens is 2. The maximum absolute atomic E-state index is 12.5. The molecular weight excluding hydrogens is 160 g/mol. The summed E-state index contributed by atoms with van der Waals surface area (Å²) in [5.41, 5.74) is 0.307. The monoisotopic (exact) mass is 173 g/mol. The number of hydrogen-bond donors (Lipinski definition) is 0. The molecule has 1 aromatic rings. The van der Waals surface area contributed by atoms with E-state index in [1.807, 2.05) is 13.8 Å². The van der Waals surface area contributed by atoms with Crippen LogP contribution in [0.1, 0.15) is 26.5 Å². The summed E-state index contributed by atoms with van der Waals surface area (Å²) in [5.74, 6) is -1.20. The molecule has 0 radical (unpaired) electrons. The van der Waals surface area contributed by atoms with Gasteiger partial charge >= 0.3 is 0 Å². The van der Waals surface area contributed by atoms with Gasteiger partial charge in [-0.3, -0.25) is 4.98 Å². The van der Waals surface area contributed by atoms with Gasteiger partial charge in [0.25, 0.3) is 0 Å². The van der Waals surface area contributed by atoms with Crippen LogP contribution in [0.2, 0.25) is 0 Å². The van der Waals surface area contributed by atoms with Crippen molar-refractivity contribution >= 4 is 0 Å². The van der Waals surface area contributed by atoms with Gasteiger partial charge in [0.1, 0.15) is 11.6 Å². The first-order valence-electron chi connectivity index (χ1n) is 4.04. The molecule has 1 aromatic heterocycles. The molecule has 0 aromatic carbocycles. The van der Waals surface area contributed by atoms with Crippen molar-refractivity contribution < 1.29 is 8.78 Å². The van der Waals surface area contributed by atoms with Gasteiger partial charge < -0.3 is 0 Å². The van der Waals surface area contributed by atoms with Gasteiger partial charge in [0.05, 0.1) is 11.9 Å². The summed E-state index contributed by atoms with van der Waals surface area (Å²) in [4.78, 5) is 3.55. The number of aryl methyl sites for hydroxylation is 1. The van der Waals surface area contributed by atoms with E-state index < -0.39 is 11.6 Å². The molecule has 0 aliphatic heterocycles. The van der Waals surface area contributed by atoms with Crippen LogP contribution in [0, 0.1) is 11.6 Å². The Morgan fingerprint density at radius 1 is 1.33 bits per heavy atom. The molecule has 0 atom stereocenters. The summed E-state index contributed by atoms with van der Waals surface area (Å²) in [6.45, 7) is 5.77. The van der Waals surface area contributed by atoms with E-state index in [0.717, 1.165) is 12.3 Å². The number of rotatable bonds is 1. The molecule has 0 bridgehead atoms. The van der Waals surface area contributed by atoms with Crippen LogP contribution in [0.15, 0.2) is 12.3 Å². The highest BCUT2D eigenvalue weighted by molar-refractivity contribution is 5.07. The van der Waals surface area contributed by atoms with Crippen LogP contribution in [0.4, 0.5) is 8.78 Å². The van der Waals surface area contributed by atoms with Gasteiger partial charge in [-0.1, -0.05) is 20.8 Å². The van der Waals surface area contributed by atoms with Gasteiger partial charge in [0, 0.05) is 6.07 Å². The molecule has 0 fully saturated rings. The molecule has 0 spiro atoms. The lowest BCUT2D eigenvalue weighted by Crippen LogP contribution is -1.93. The lowest BCUT2D eigenvalue weighted by Gasteiger charge is -1.95. The number of pyridine rings is 1. The van der Waals surface area contributed by atoms with Crippen LogP contribution in [0.25, 0.3) is 0 Å². The highest BCUT2D eigenvalue weighted by Gasteiger charge is 2.01. The quantitative estimate of drug-likeness (QED) is 0.636. The molecule has 1 heterocycles. The van der Waals surface area contributed by atoms with Crippen molar-refractivity contribution in [2.75, 3.05) is 0 Å². The second-order valence-corrected chi connectivity index (χ2v) is 1.94. The van der Waals surface area contributed by atoms with Crippen molar-refractivity contribution in [2.24, 2.45) is 0 Å². The first-order valence-corrected chi connectivity index (χ1v) is 4.04. The van der Waals surface area contributed by atoms with Crippen molar-refractivity contribution in [1.29, 1.82) is 0 Å². The summed E-state index contributed by atoms with van der Waals surface area (Å²) in [6, 6.07) is 0.839. The van der Waals surface area contributed by atoms with Crippen LogP contribution in [-0.4, -0.2) is 4.98 Å². The minimum Gasteiger partial charge on any atom is -0.255 e. The minimum absolute atomic E-state index is 0.307. The normalized spacial score (nSPS) is 8.75. The van der Waals surface area contributed by atoms with Gasteiger partial charge in [0.2, 0.25) is 0 Å². The Kier molecular flexibility index (Phi) is 5.17. The molecule has 0 saturated carbocycles. The number of nitrogens with zero attached hydrogens (tertiary/aromatic N) is 1. The largest absolute Gasteiger partial charge is 0.255 e. The van der Waals surface area contributed by atoms with Gasteiger partial charge in [-0.05, 0) is 6.42 Å². The lowest BCUT2D eigenvalue weighted by molar-refractivity contribution is 0.560. The van der Waals surface area contributed by atoms with Crippen LogP contribution in [0.5, 0.6) is 0 Å². The molecule has 0 aliphatic carbocycles. The van der Waals surface area contributed by atoms with Crippen molar-refractivity contribution in [1.82, 2.24) is 4.98 Å². The molecule has 1 nitrogen and oxygen atoms in total. The lowest BCUT2D eigenvalue weighted by atomic mass is 10.3. The molecular formula is C9H13F2N. The Hall–Kier alpha value is -0.990. The maximum atomic E-state index is 12.5. The maximum Gasteiger partial charge on any atom is 0.147 e. The summed E-state index contributed by atoms with van der Waals surface area (Å²) in [5, 5.41) is 0. The Bertz CT molecular complexity index is 236. The molecule has 12 heavy (non-hydrogen) atoms. The van der Waals surface area contributed by atoms with E-state index in [1.54, 1.807) is 6.92 Å². The second-order valence-electron chi connectivity index (χ2n) is 1.94. The third kappa shape index (κ3) is 2.95. The Morgan fingerprint density at radius 2 is 1.92 bits per heavy atom. The fraction of sp³-hybridized carbons (Fsp3) is 0.444. The predicted octanol–water partition coefficient (Wildman–Crippen LogP) is 2.95. The fourth-order valence-corrected chi connectivity index (χ4v) is 0.703. The third-order valence-electron chi connectivity index (χ3n) is 1.22. The third-order valence-corrected chi connectivity index (χ3v) is 1.22. The van der Waals surface area contributed by atoms with Gasteiger partial charge in [-0.2, -0.15) is 0 Å². The van der Waals surface area contributed by atoms with E-state index in [0.29, 0.717) is 12.1 Å². The Morgan fingerprint density at radius 3 is 2.33 bits per heavy atom. The highest BCUT2D eigenvalue weighted by atomic mass is 19.1. The molecule has 0 amide bonds. The Labute approximate surface area is 71.4 Å². The summed E-state index contributed by atoms with van der Waals surface area (Å²) in [6.07, 6.45) is 1.51. The van der Waals surface area contributed by atoms with Crippen molar-refractivity contribution in [3.05, 3.63) is 29.6 Å². The highest BCUT2D eigenvalue weighted by Crippen LogP contribution is 2.05. The van der Waals surface area contributed by atoms with Crippen molar-refractivity contribution in [2.45, 2.75) is 27.2 Å². The van der Waals surface area contributed by atoms with E-state index in [-0.39, 0.29) is 0 Å². The first-order chi connectivity index (χ1) is 5.74. The number of aromatic nitrogens is 1. The van der Waals surface area contributed by atoms with Crippen molar-refractivity contribution in [3.63, 3.8) is 0 Å². The minimum atomic E-state index is -0.630. The van der Waals surface area contributed by atoms with Gasteiger partial charge in [-0.25, -0.2) is 8.78 Å². The molecule has 0 N–H and O–H groups in total. The fourth-order valence-electron chi connectivity index (χ4n) is 0.703. The zero-order valence-electron chi connectivity index (χ0n) is 7.56. The number of hydrogen-bond acceptors (Lipinski definition) is 1. The molecule has 0 aliphatic rings. The zero-order chi connectivity index (χ0) is 9.56. The topological polar surface area (TPSA) is 12.9 Å². The van der Waals surface area contributed by atoms with Gasteiger partial charge in [-0.15, -0.1) is 0 Å². The summed E-state index contributed by atoms with van der Waals surface area (Å²) < 4.78 is 24.7. The zero-order valence-corrected chi connectivity index (χ0v) is 7.56. The molecule has 1 rings (SSSR count). The average Bonchev–Trinajstić information content (AvgIpc) is 2.08. The molecule has 3 heteroatoms. The van der Waals surface area contributed by atoms with Gasteiger partial charge in [0.15, 0.2) is 0 Å². The molecule has 0 unspecified atom stereocenters. The SMILES string of the molecule is CC.CCc1ncc(F)cc1F. The first kappa shape index (κ1) is 11.0. The summed E-state index contributed by atoms with van der Waals surface area (Å²) >= 11 is 0. The van der Waals surface area contributed by atoms with Crippen LogP contribution >= 0.6 is 0 Å². The second kappa shape index (κ2) is 5.63. The Balaban J connectivity index is 0.000000561. The van der Waals surface area contributed by atoms with Crippen molar-refractivity contribution in [3.8, 4) is 0 Å². The van der Waals surface area contributed by atoms with Crippen LogP contribution in [0.3, 0.4) is 0 Å². The van der Waals surface area contributed by atoms with E-state index in [2.05, 4.69) is 4.98 Å². The average molecular weight is 173 g/mol. The van der Waals surface area contributed by atoms with E-state index in [4.69, 9.17) is 0 Å². The van der Waals surface area contributed by atoms with E-state index >= 15 is 0 Å². The van der Waals surface area contributed by atoms with Crippen LogP contribution in [-0.2, 0) is 6.42 Å². The van der Waals surface area contributed by atoms with E-state index in [9.17, 15) is 8.78 Å². The smallest absolute Gasteiger partial charge is 0.147 e. The van der Waals surface area contributed by atoms with Crippen LogP contribution < -0.4 is 0 Å². The van der Waals surface area contributed by atoms with E-state index in [1.165, 1.54) is 0 Å². The molecule has 68 valence electrons.